The third kappa shape index (κ3) is 2.24. The lowest BCUT2D eigenvalue weighted by Crippen LogP contribution is -2.46. The second kappa shape index (κ2) is 4.78. The molecule has 2 aliphatic heterocycles. The number of likely N-dealkylation sites (tertiary alicyclic amines) is 1. The van der Waals surface area contributed by atoms with Crippen molar-refractivity contribution in [2.45, 2.75) is 32.4 Å². The highest BCUT2D eigenvalue weighted by Gasteiger charge is 2.34. The Morgan fingerprint density at radius 2 is 2.35 bits per heavy atom. The number of nitrogens with one attached hydrogen (secondary N) is 1. The topological polar surface area (TPSA) is 33.1 Å². The first-order chi connectivity index (χ1) is 8.34. The van der Waals surface area contributed by atoms with Crippen molar-refractivity contribution in [1.29, 1.82) is 0 Å². The van der Waals surface area contributed by atoms with Gasteiger partial charge in [0.25, 0.3) is 0 Å². The van der Waals surface area contributed by atoms with Gasteiger partial charge < -0.3 is 9.88 Å². The summed E-state index contributed by atoms with van der Waals surface area (Å²) < 4.78 is 2.26. The normalized spacial score (nSPS) is 29.5. The van der Waals surface area contributed by atoms with Crippen molar-refractivity contribution < 1.29 is 0 Å². The van der Waals surface area contributed by atoms with Crippen molar-refractivity contribution in [3.63, 3.8) is 0 Å². The Hall–Kier alpha value is -0.870. The summed E-state index contributed by atoms with van der Waals surface area (Å²) in [6, 6.07) is 0.785. The van der Waals surface area contributed by atoms with E-state index in [0.29, 0.717) is 0 Å². The highest BCUT2D eigenvalue weighted by molar-refractivity contribution is 4.93. The van der Waals surface area contributed by atoms with Crippen molar-refractivity contribution in [2.24, 2.45) is 5.92 Å². The molecular weight excluding hydrogens is 212 g/mol. The van der Waals surface area contributed by atoms with Crippen LogP contribution in [0.1, 0.15) is 18.7 Å². The van der Waals surface area contributed by atoms with Gasteiger partial charge >= 0.3 is 0 Å². The summed E-state index contributed by atoms with van der Waals surface area (Å²) in [6.07, 6.45) is 6.76. The predicted octanol–water partition coefficient (Wildman–Crippen LogP) is 0.875. The molecule has 17 heavy (non-hydrogen) atoms. The molecule has 2 saturated heterocycles. The van der Waals surface area contributed by atoms with Gasteiger partial charge in [0.2, 0.25) is 0 Å². The Labute approximate surface area is 103 Å². The minimum Gasteiger partial charge on any atom is -0.334 e. The average Bonchev–Trinajstić information content (AvgIpc) is 2.95. The van der Waals surface area contributed by atoms with Gasteiger partial charge in [-0.15, -0.1) is 0 Å². The molecule has 1 aromatic rings. The van der Waals surface area contributed by atoms with Crippen molar-refractivity contribution >= 4 is 0 Å². The molecule has 1 N–H and O–H groups in total. The summed E-state index contributed by atoms with van der Waals surface area (Å²) in [6.45, 7) is 8.01. The Bertz CT molecular complexity index is 373. The molecule has 1 aromatic heterocycles. The first-order valence-corrected chi connectivity index (χ1v) is 6.77. The van der Waals surface area contributed by atoms with E-state index in [-0.39, 0.29) is 0 Å². The van der Waals surface area contributed by atoms with E-state index in [1.165, 1.54) is 39.0 Å². The Morgan fingerprint density at radius 1 is 1.41 bits per heavy atom. The Kier molecular flexibility index (Phi) is 3.16. The van der Waals surface area contributed by atoms with Gasteiger partial charge in [-0.1, -0.05) is 0 Å². The van der Waals surface area contributed by atoms with Crippen LogP contribution in [-0.4, -0.2) is 46.7 Å². The summed E-state index contributed by atoms with van der Waals surface area (Å²) in [5, 5.41) is 3.54. The predicted molar refractivity (Wildman–Crippen MR) is 67.9 cm³/mol. The lowest BCUT2D eigenvalue weighted by atomic mass is 9.92. The third-order valence-electron chi connectivity index (χ3n) is 4.35. The zero-order chi connectivity index (χ0) is 11.7. The van der Waals surface area contributed by atoms with Gasteiger partial charge in [0.05, 0.1) is 0 Å². The Balaban J connectivity index is 1.59. The zero-order valence-electron chi connectivity index (χ0n) is 10.6. The molecule has 0 spiro atoms. The number of nitrogens with zero attached hydrogens (tertiary/aromatic N) is 3. The molecule has 4 heteroatoms. The van der Waals surface area contributed by atoms with Crippen LogP contribution >= 0.6 is 0 Å². The quantitative estimate of drug-likeness (QED) is 0.842. The van der Waals surface area contributed by atoms with Gasteiger partial charge in [-0.2, -0.15) is 0 Å². The number of aromatic nitrogens is 2. The zero-order valence-corrected chi connectivity index (χ0v) is 10.6. The lowest BCUT2D eigenvalue weighted by Gasteiger charge is -2.37. The van der Waals surface area contributed by atoms with E-state index < -0.39 is 0 Å². The summed E-state index contributed by atoms with van der Waals surface area (Å²) in [5.41, 5.74) is 0. The second-order valence-corrected chi connectivity index (χ2v) is 5.33. The summed E-state index contributed by atoms with van der Waals surface area (Å²) in [5.74, 6) is 2.02. The summed E-state index contributed by atoms with van der Waals surface area (Å²) in [7, 11) is 0. The smallest absolute Gasteiger partial charge is 0.105 e. The van der Waals surface area contributed by atoms with E-state index in [0.717, 1.165) is 24.3 Å². The third-order valence-corrected chi connectivity index (χ3v) is 4.35. The highest BCUT2D eigenvalue weighted by atomic mass is 15.2. The van der Waals surface area contributed by atoms with Crippen LogP contribution in [0.3, 0.4) is 0 Å². The number of imidazole rings is 1. The van der Waals surface area contributed by atoms with Crippen molar-refractivity contribution in [2.75, 3.05) is 26.2 Å². The van der Waals surface area contributed by atoms with Crippen molar-refractivity contribution in [3.8, 4) is 0 Å². The van der Waals surface area contributed by atoms with Gasteiger partial charge in [0.15, 0.2) is 0 Å². The number of piperidine rings is 1. The average molecular weight is 234 g/mol. The maximum absolute atomic E-state index is 4.28. The number of hydrogen-bond donors (Lipinski definition) is 1. The van der Waals surface area contributed by atoms with Crippen LogP contribution in [-0.2, 0) is 6.54 Å². The van der Waals surface area contributed by atoms with Gasteiger partial charge in [-0.3, -0.25) is 4.90 Å². The fourth-order valence-corrected chi connectivity index (χ4v) is 3.32. The number of hydrogen-bond acceptors (Lipinski definition) is 3. The molecule has 3 rings (SSSR count). The maximum atomic E-state index is 4.28. The molecule has 0 aliphatic carbocycles. The van der Waals surface area contributed by atoms with Crippen LogP contribution in [0, 0.1) is 12.8 Å². The van der Waals surface area contributed by atoms with E-state index in [2.05, 4.69) is 32.9 Å². The van der Waals surface area contributed by atoms with Crippen LogP contribution < -0.4 is 5.32 Å². The fourth-order valence-electron chi connectivity index (χ4n) is 3.32. The van der Waals surface area contributed by atoms with Crippen LogP contribution in [0.2, 0.25) is 0 Å². The molecular formula is C13H22N4. The molecule has 2 atom stereocenters. The molecule has 0 radical (unpaired) electrons. The van der Waals surface area contributed by atoms with Gasteiger partial charge in [-0.25, -0.2) is 4.98 Å². The van der Waals surface area contributed by atoms with Crippen LogP contribution in [0.4, 0.5) is 0 Å². The highest BCUT2D eigenvalue weighted by Crippen LogP contribution is 2.26. The van der Waals surface area contributed by atoms with Crippen molar-refractivity contribution in [1.82, 2.24) is 19.8 Å². The van der Waals surface area contributed by atoms with E-state index in [1.807, 2.05) is 6.20 Å². The van der Waals surface area contributed by atoms with E-state index in [1.54, 1.807) is 0 Å². The molecule has 4 nitrogen and oxygen atoms in total. The number of rotatable bonds is 3. The monoisotopic (exact) mass is 234 g/mol. The fraction of sp³-hybridized carbons (Fsp3) is 0.769. The summed E-state index contributed by atoms with van der Waals surface area (Å²) >= 11 is 0. The van der Waals surface area contributed by atoms with Crippen LogP contribution in [0.5, 0.6) is 0 Å². The molecule has 0 bridgehead atoms. The SMILES string of the molecule is Cc1nccn1CCN1CCCC2CNCC21. The standard InChI is InChI=1S/C13H22N4/c1-11-15-4-6-16(11)7-8-17-5-2-3-12-9-14-10-13(12)17/h4,6,12-14H,2-3,5,7-10H2,1H3. The minimum atomic E-state index is 0.785. The van der Waals surface area contributed by atoms with Crippen LogP contribution in [0.25, 0.3) is 0 Å². The lowest BCUT2D eigenvalue weighted by molar-refractivity contribution is 0.120. The molecule has 2 fully saturated rings. The maximum Gasteiger partial charge on any atom is 0.105 e. The number of fused-ring (bicyclic) bond motifs is 1. The van der Waals surface area contributed by atoms with Gasteiger partial charge in [0, 0.05) is 38.1 Å². The first-order valence-electron chi connectivity index (χ1n) is 6.77. The first kappa shape index (κ1) is 11.2. The molecule has 3 heterocycles. The van der Waals surface area contributed by atoms with Crippen LogP contribution in [0.15, 0.2) is 12.4 Å². The molecule has 0 aromatic carbocycles. The van der Waals surface area contributed by atoms with E-state index in [9.17, 15) is 0 Å². The number of aryl methyl sites for hydroxylation is 1. The molecule has 2 aliphatic rings. The molecule has 94 valence electrons. The Morgan fingerprint density at radius 3 is 3.18 bits per heavy atom. The molecule has 0 amide bonds. The molecule has 0 saturated carbocycles. The summed E-state index contributed by atoms with van der Waals surface area (Å²) in [4.78, 5) is 6.95. The van der Waals surface area contributed by atoms with Gasteiger partial charge in [0.1, 0.15) is 5.82 Å². The van der Waals surface area contributed by atoms with Crippen molar-refractivity contribution in [3.05, 3.63) is 18.2 Å². The largest absolute Gasteiger partial charge is 0.334 e. The minimum absolute atomic E-state index is 0.785. The van der Waals surface area contributed by atoms with Gasteiger partial charge in [-0.05, 0) is 38.8 Å². The second-order valence-electron chi connectivity index (χ2n) is 5.33. The van der Waals surface area contributed by atoms with E-state index in [4.69, 9.17) is 0 Å². The molecule has 2 unspecified atom stereocenters. The van der Waals surface area contributed by atoms with E-state index >= 15 is 0 Å².